The smallest absolute Gasteiger partial charge is 0.228 e. The summed E-state index contributed by atoms with van der Waals surface area (Å²) in [5.74, 6) is -0.965. The highest BCUT2D eigenvalue weighted by Crippen LogP contribution is 2.29. The Labute approximate surface area is 119 Å². The van der Waals surface area contributed by atoms with Gasteiger partial charge in [0.2, 0.25) is 5.91 Å². The van der Waals surface area contributed by atoms with Crippen LogP contribution in [0.3, 0.4) is 0 Å². The van der Waals surface area contributed by atoms with E-state index in [2.05, 4.69) is 33.1 Å². The van der Waals surface area contributed by atoms with Gasteiger partial charge in [-0.2, -0.15) is 0 Å². The number of rotatable bonds is 2. The molecule has 0 aliphatic carbocycles. The summed E-state index contributed by atoms with van der Waals surface area (Å²) < 4.78 is 0.970. The summed E-state index contributed by atoms with van der Waals surface area (Å²) in [5.41, 5.74) is 6.89. The average Bonchev–Trinajstić information content (AvgIpc) is 2.28. The highest BCUT2D eigenvalue weighted by molar-refractivity contribution is 9.10. The summed E-state index contributed by atoms with van der Waals surface area (Å²) in [7, 11) is 0. The number of nitrogens with one attached hydrogen (secondary N) is 2. The number of thiocarbonyl (C=S) groups is 1. The molecule has 94 valence electrons. The summed E-state index contributed by atoms with van der Waals surface area (Å²) in [6.45, 7) is 3.81. The minimum Gasteiger partial charge on any atom is -0.369 e. The molecule has 1 amide bonds. The van der Waals surface area contributed by atoms with Crippen molar-refractivity contribution >= 4 is 39.2 Å². The maximum Gasteiger partial charge on any atom is 0.228 e. The molecule has 1 aliphatic rings. The summed E-state index contributed by atoms with van der Waals surface area (Å²) >= 11 is 8.45. The number of primary amides is 1. The zero-order chi connectivity index (χ0) is 13.3. The summed E-state index contributed by atoms with van der Waals surface area (Å²) in [6.07, 6.45) is 0. The van der Waals surface area contributed by atoms with Gasteiger partial charge in [0.25, 0.3) is 0 Å². The van der Waals surface area contributed by atoms with Gasteiger partial charge in [-0.05, 0) is 29.9 Å². The van der Waals surface area contributed by atoms with Crippen LogP contribution < -0.4 is 16.4 Å². The molecule has 18 heavy (non-hydrogen) atoms. The maximum atomic E-state index is 11.6. The molecule has 2 atom stereocenters. The fraction of sp³-hybridized carbons (Fsp3) is 0.167. The molecule has 0 radical (unpaired) electrons. The molecule has 0 bridgehead atoms. The molecule has 1 aliphatic heterocycles. The third-order valence-corrected chi connectivity index (χ3v) is 3.55. The average molecular weight is 326 g/mol. The van der Waals surface area contributed by atoms with Crippen LogP contribution in [-0.2, 0) is 4.79 Å². The van der Waals surface area contributed by atoms with Gasteiger partial charge in [-0.25, -0.2) is 0 Å². The Hall–Kier alpha value is -1.40. The van der Waals surface area contributed by atoms with E-state index >= 15 is 0 Å². The topological polar surface area (TPSA) is 67.2 Å². The Morgan fingerprint density at radius 3 is 2.56 bits per heavy atom. The first-order valence-corrected chi connectivity index (χ1v) is 6.50. The van der Waals surface area contributed by atoms with Gasteiger partial charge in [0.1, 0.15) is 5.92 Å². The second kappa shape index (κ2) is 5.07. The number of amides is 1. The van der Waals surface area contributed by atoms with Crippen LogP contribution in [-0.4, -0.2) is 11.0 Å². The van der Waals surface area contributed by atoms with Crippen LogP contribution in [0.4, 0.5) is 0 Å². The van der Waals surface area contributed by atoms with Crippen LogP contribution in [0.5, 0.6) is 0 Å². The molecule has 1 aromatic carbocycles. The standard InChI is InChI=1S/C12H12BrN3OS/c1-6-9(11(14)17)10(16-12(18)15-6)7-2-4-8(13)5-3-7/h2-5,9-10H,1H2,(H2,14,17)(H2,15,16,18)/t9-,10+/m0/s1. The Morgan fingerprint density at radius 1 is 1.39 bits per heavy atom. The predicted octanol–water partition coefficient (Wildman–Crippen LogP) is 1.58. The molecule has 1 fully saturated rings. The van der Waals surface area contributed by atoms with E-state index in [0.29, 0.717) is 10.8 Å². The second-order valence-corrected chi connectivity index (χ2v) is 5.36. The third kappa shape index (κ3) is 2.54. The van der Waals surface area contributed by atoms with Crippen LogP contribution in [0.25, 0.3) is 0 Å². The lowest BCUT2D eigenvalue weighted by atomic mass is 9.89. The van der Waals surface area contributed by atoms with Gasteiger partial charge in [0.05, 0.1) is 6.04 Å². The van der Waals surface area contributed by atoms with E-state index < -0.39 is 11.8 Å². The van der Waals surface area contributed by atoms with E-state index in [9.17, 15) is 4.79 Å². The van der Waals surface area contributed by atoms with Crippen molar-refractivity contribution in [2.75, 3.05) is 0 Å². The monoisotopic (exact) mass is 325 g/mol. The number of hydrogen-bond acceptors (Lipinski definition) is 2. The molecule has 1 heterocycles. The van der Waals surface area contributed by atoms with Crippen molar-refractivity contribution in [3.63, 3.8) is 0 Å². The van der Waals surface area contributed by atoms with Crippen molar-refractivity contribution in [2.24, 2.45) is 11.7 Å². The van der Waals surface area contributed by atoms with E-state index in [-0.39, 0.29) is 6.04 Å². The minimum absolute atomic E-state index is 0.281. The lowest BCUT2D eigenvalue weighted by Crippen LogP contribution is -2.52. The number of benzene rings is 1. The molecule has 1 saturated heterocycles. The lowest BCUT2D eigenvalue weighted by molar-refractivity contribution is -0.121. The SMILES string of the molecule is C=C1NC(=S)N[C@H](c2ccc(Br)cc2)[C@H]1C(N)=O. The van der Waals surface area contributed by atoms with Crippen LogP contribution in [0.15, 0.2) is 41.0 Å². The van der Waals surface area contributed by atoms with Gasteiger partial charge < -0.3 is 16.4 Å². The van der Waals surface area contributed by atoms with E-state index in [0.717, 1.165) is 10.0 Å². The van der Waals surface area contributed by atoms with Crippen molar-refractivity contribution in [2.45, 2.75) is 6.04 Å². The Morgan fingerprint density at radius 2 is 2.00 bits per heavy atom. The highest BCUT2D eigenvalue weighted by Gasteiger charge is 2.35. The van der Waals surface area contributed by atoms with Crippen molar-refractivity contribution in [1.82, 2.24) is 10.6 Å². The van der Waals surface area contributed by atoms with Crippen molar-refractivity contribution in [1.29, 1.82) is 0 Å². The van der Waals surface area contributed by atoms with Crippen molar-refractivity contribution < 1.29 is 4.79 Å². The van der Waals surface area contributed by atoms with Gasteiger partial charge in [0, 0.05) is 10.2 Å². The zero-order valence-corrected chi connectivity index (χ0v) is 11.8. The van der Waals surface area contributed by atoms with E-state index in [1.165, 1.54) is 0 Å². The number of hydrogen-bond donors (Lipinski definition) is 3. The molecule has 4 nitrogen and oxygen atoms in total. The Balaban J connectivity index is 2.37. The molecule has 0 aromatic heterocycles. The van der Waals surface area contributed by atoms with Gasteiger partial charge in [-0.3, -0.25) is 4.79 Å². The minimum atomic E-state index is -0.530. The molecule has 0 unspecified atom stereocenters. The Kier molecular flexibility index (Phi) is 3.68. The predicted molar refractivity (Wildman–Crippen MR) is 77.6 cm³/mol. The lowest BCUT2D eigenvalue weighted by Gasteiger charge is -2.34. The van der Waals surface area contributed by atoms with E-state index in [4.69, 9.17) is 18.0 Å². The van der Waals surface area contributed by atoms with E-state index in [1.807, 2.05) is 24.3 Å². The molecular formula is C12H12BrN3OS. The van der Waals surface area contributed by atoms with Gasteiger partial charge in [0.15, 0.2) is 5.11 Å². The summed E-state index contributed by atoms with van der Waals surface area (Å²) in [4.78, 5) is 11.6. The summed E-state index contributed by atoms with van der Waals surface area (Å²) in [5, 5.41) is 6.34. The molecule has 2 rings (SSSR count). The van der Waals surface area contributed by atoms with E-state index in [1.54, 1.807) is 0 Å². The van der Waals surface area contributed by atoms with Crippen LogP contribution in [0, 0.1) is 5.92 Å². The quantitative estimate of drug-likeness (QED) is 0.722. The first kappa shape index (κ1) is 13.0. The first-order valence-electron chi connectivity index (χ1n) is 5.30. The second-order valence-electron chi connectivity index (χ2n) is 4.03. The van der Waals surface area contributed by atoms with Crippen LogP contribution in [0.1, 0.15) is 11.6 Å². The Bertz CT molecular complexity index is 515. The molecule has 4 N–H and O–H groups in total. The van der Waals surface area contributed by atoms with Gasteiger partial charge in [-0.15, -0.1) is 0 Å². The first-order chi connectivity index (χ1) is 8.49. The largest absolute Gasteiger partial charge is 0.369 e. The molecule has 0 saturated carbocycles. The van der Waals surface area contributed by atoms with Crippen LogP contribution >= 0.6 is 28.1 Å². The molecular weight excluding hydrogens is 314 g/mol. The maximum absolute atomic E-state index is 11.6. The number of carbonyl (C=O) groups excluding carboxylic acids is 1. The summed E-state index contributed by atoms with van der Waals surface area (Å²) in [6, 6.07) is 7.36. The number of halogens is 1. The molecule has 6 heteroatoms. The number of nitrogens with two attached hydrogens (primary N) is 1. The van der Waals surface area contributed by atoms with Crippen molar-refractivity contribution in [3.8, 4) is 0 Å². The highest BCUT2D eigenvalue weighted by atomic mass is 79.9. The normalized spacial score (nSPS) is 23.2. The fourth-order valence-electron chi connectivity index (χ4n) is 1.97. The van der Waals surface area contributed by atoms with Crippen molar-refractivity contribution in [3.05, 3.63) is 46.6 Å². The molecule has 1 aromatic rings. The van der Waals surface area contributed by atoms with Gasteiger partial charge >= 0.3 is 0 Å². The van der Waals surface area contributed by atoms with Crippen LogP contribution in [0.2, 0.25) is 0 Å². The third-order valence-electron chi connectivity index (χ3n) is 2.81. The zero-order valence-electron chi connectivity index (χ0n) is 9.44. The molecule has 0 spiro atoms. The van der Waals surface area contributed by atoms with Gasteiger partial charge in [-0.1, -0.05) is 34.6 Å². The fourth-order valence-corrected chi connectivity index (χ4v) is 2.49. The number of carbonyl (C=O) groups is 1.